The van der Waals surface area contributed by atoms with Crippen molar-refractivity contribution in [3.8, 4) is 0 Å². The van der Waals surface area contributed by atoms with Crippen molar-refractivity contribution in [1.29, 1.82) is 0 Å². The summed E-state index contributed by atoms with van der Waals surface area (Å²) in [5.74, 6) is 1.05. The molecule has 6 heteroatoms. The number of para-hydroxylation sites is 2. The third kappa shape index (κ3) is 4.63. The normalized spacial score (nSPS) is 10.4. The molecule has 0 unspecified atom stereocenters. The Kier molecular flexibility index (Phi) is 8.81. The molecule has 0 aliphatic rings. The topological polar surface area (TPSA) is 53.1 Å². The fraction of sp³-hybridized carbons (Fsp3) is 0.500. The Hall–Kier alpha value is -0.810. The predicted molar refractivity (Wildman–Crippen MR) is 88.1 cm³/mol. The third-order valence-electron chi connectivity index (χ3n) is 2.87. The average Bonchev–Trinajstić information content (AvgIpc) is 2.68. The number of benzene rings is 1. The van der Waals surface area contributed by atoms with Crippen LogP contribution in [0.4, 0.5) is 0 Å². The van der Waals surface area contributed by atoms with Gasteiger partial charge in [0.1, 0.15) is 5.82 Å². The number of nitrogens with two attached hydrogens (primary N) is 1. The van der Waals surface area contributed by atoms with Gasteiger partial charge in [0.25, 0.3) is 0 Å². The summed E-state index contributed by atoms with van der Waals surface area (Å²) in [7, 11) is 0. The van der Waals surface area contributed by atoms with Crippen LogP contribution < -0.4 is 5.73 Å². The van der Waals surface area contributed by atoms with Gasteiger partial charge in [-0.15, -0.1) is 24.8 Å². The Labute approximate surface area is 132 Å². The highest BCUT2D eigenvalue weighted by atomic mass is 35.5. The number of rotatable bonds is 6. The van der Waals surface area contributed by atoms with E-state index in [4.69, 9.17) is 10.5 Å². The molecule has 114 valence electrons. The minimum absolute atomic E-state index is 0. The van der Waals surface area contributed by atoms with Gasteiger partial charge in [0, 0.05) is 13.0 Å². The van der Waals surface area contributed by atoms with Crippen LogP contribution in [-0.2, 0) is 17.7 Å². The number of halogens is 2. The third-order valence-corrected chi connectivity index (χ3v) is 2.87. The molecule has 2 rings (SSSR count). The van der Waals surface area contributed by atoms with Gasteiger partial charge in [0.05, 0.1) is 23.7 Å². The van der Waals surface area contributed by atoms with Gasteiger partial charge in [-0.25, -0.2) is 4.98 Å². The molecule has 0 radical (unpaired) electrons. The van der Waals surface area contributed by atoms with E-state index in [1.807, 2.05) is 32.0 Å². The Morgan fingerprint density at radius 3 is 2.60 bits per heavy atom. The zero-order valence-corrected chi connectivity index (χ0v) is 13.5. The second-order valence-corrected chi connectivity index (χ2v) is 4.63. The molecule has 1 aromatic heterocycles. The molecule has 0 bridgehead atoms. The maximum absolute atomic E-state index is 5.64. The lowest BCUT2D eigenvalue weighted by Crippen LogP contribution is -2.14. The lowest BCUT2D eigenvalue weighted by Gasteiger charge is -2.11. The van der Waals surface area contributed by atoms with Crippen LogP contribution in [0, 0.1) is 0 Å². The average molecular weight is 320 g/mol. The molecule has 0 aliphatic heterocycles. The zero-order valence-electron chi connectivity index (χ0n) is 11.9. The molecular weight excluding hydrogens is 297 g/mol. The van der Waals surface area contributed by atoms with E-state index < -0.39 is 0 Å². The monoisotopic (exact) mass is 319 g/mol. The molecule has 0 atom stereocenters. The van der Waals surface area contributed by atoms with E-state index >= 15 is 0 Å². The summed E-state index contributed by atoms with van der Waals surface area (Å²) in [6.45, 7) is 6.25. The summed E-state index contributed by atoms with van der Waals surface area (Å²) in [5, 5.41) is 0. The van der Waals surface area contributed by atoms with Crippen molar-refractivity contribution in [1.82, 2.24) is 9.55 Å². The molecule has 2 N–H and O–H groups in total. The quantitative estimate of drug-likeness (QED) is 0.890. The highest BCUT2D eigenvalue weighted by molar-refractivity contribution is 5.85. The number of ether oxygens (including phenoxy) is 1. The van der Waals surface area contributed by atoms with Crippen molar-refractivity contribution < 1.29 is 4.74 Å². The summed E-state index contributed by atoms with van der Waals surface area (Å²) >= 11 is 0. The SMILES string of the molecule is CC(C)OCCn1c(CCN)nc2ccccc21.Cl.Cl. The molecule has 0 fully saturated rings. The highest BCUT2D eigenvalue weighted by Gasteiger charge is 2.09. The number of nitrogens with zero attached hydrogens (tertiary/aromatic N) is 2. The first-order valence-electron chi connectivity index (χ1n) is 6.48. The number of imidazole rings is 1. The Morgan fingerprint density at radius 2 is 1.95 bits per heavy atom. The molecule has 1 aromatic carbocycles. The van der Waals surface area contributed by atoms with Gasteiger partial charge in [0.15, 0.2) is 0 Å². The van der Waals surface area contributed by atoms with Crippen LogP contribution in [0.15, 0.2) is 24.3 Å². The molecule has 2 aromatic rings. The van der Waals surface area contributed by atoms with E-state index in [0.29, 0.717) is 13.2 Å². The van der Waals surface area contributed by atoms with Crippen LogP contribution in [0.25, 0.3) is 11.0 Å². The molecule has 0 spiro atoms. The number of hydrogen-bond acceptors (Lipinski definition) is 3. The smallest absolute Gasteiger partial charge is 0.111 e. The molecule has 20 heavy (non-hydrogen) atoms. The van der Waals surface area contributed by atoms with Gasteiger partial charge in [0.2, 0.25) is 0 Å². The van der Waals surface area contributed by atoms with Gasteiger partial charge in [-0.1, -0.05) is 12.1 Å². The minimum Gasteiger partial charge on any atom is -0.377 e. The number of hydrogen-bond donors (Lipinski definition) is 1. The van der Waals surface area contributed by atoms with Crippen molar-refractivity contribution >= 4 is 35.8 Å². The fourth-order valence-corrected chi connectivity index (χ4v) is 2.07. The van der Waals surface area contributed by atoms with Crippen LogP contribution in [0.1, 0.15) is 19.7 Å². The van der Waals surface area contributed by atoms with E-state index in [2.05, 4.69) is 15.6 Å². The number of aromatic nitrogens is 2. The predicted octanol–water partition coefficient (Wildman–Crippen LogP) is 2.81. The molecule has 1 heterocycles. The highest BCUT2D eigenvalue weighted by Crippen LogP contribution is 2.16. The summed E-state index contributed by atoms with van der Waals surface area (Å²) < 4.78 is 7.83. The lowest BCUT2D eigenvalue weighted by atomic mass is 10.3. The maximum atomic E-state index is 5.64. The Bertz CT molecular complexity index is 514. The van der Waals surface area contributed by atoms with Gasteiger partial charge in [-0.3, -0.25) is 0 Å². The first-order valence-corrected chi connectivity index (χ1v) is 6.48. The van der Waals surface area contributed by atoms with Crippen LogP contribution >= 0.6 is 24.8 Å². The van der Waals surface area contributed by atoms with E-state index in [9.17, 15) is 0 Å². The van der Waals surface area contributed by atoms with Gasteiger partial charge in [-0.05, 0) is 32.5 Å². The lowest BCUT2D eigenvalue weighted by molar-refractivity contribution is 0.0729. The van der Waals surface area contributed by atoms with Crippen LogP contribution in [0.3, 0.4) is 0 Å². The second kappa shape index (κ2) is 9.19. The van der Waals surface area contributed by atoms with E-state index in [-0.39, 0.29) is 30.9 Å². The van der Waals surface area contributed by atoms with E-state index in [0.717, 1.165) is 29.8 Å². The van der Waals surface area contributed by atoms with Crippen LogP contribution in [-0.4, -0.2) is 28.8 Å². The molecule has 0 saturated heterocycles. The summed E-state index contributed by atoms with van der Waals surface area (Å²) in [6.07, 6.45) is 1.06. The molecule has 0 saturated carbocycles. The van der Waals surface area contributed by atoms with E-state index in [1.165, 1.54) is 0 Å². The van der Waals surface area contributed by atoms with Crippen molar-refractivity contribution in [2.75, 3.05) is 13.2 Å². The van der Waals surface area contributed by atoms with Crippen LogP contribution in [0.2, 0.25) is 0 Å². The van der Waals surface area contributed by atoms with Gasteiger partial charge < -0.3 is 15.0 Å². The first kappa shape index (κ1) is 19.2. The standard InChI is InChI=1S/C14H21N3O.2ClH/c1-11(2)18-10-9-17-13-6-4-3-5-12(13)16-14(17)7-8-15;;/h3-6,11H,7-10,15H2,1-2H3;2*1H. The maximum Gasteiger partial charge on any atom is 0.111 e. The number of fused-ring (bicyclic) bond motifs is 1. The molecule has 0 aliphatic carbocycles. The van der Waals surface area contributed by atoms with Gasteiger partial charge >= 0.3 is 0 Å². The molecular formula is C14H23Cl2N3O. The first-order chi connectivity index (χ1) is 8.72. The van der Waals surface area contributed by atoms with Crippen LogP contribution in [0.5, 0.6) is 0 Å². The summed E-state index contributed by atoms with van der Waals surface area (Å²) in [6, 6.07) is 8.18. The van der Waals surface area contributed by atoms with E-state index in [1.54, 1.807) is 0 Å². The minimum atomic E-state index is 0. The van der Waals surface area contributed by atoms with Crippen molar-refractivity contribution in [3.63, 3.8) is 0 Å². The van der Waals surface area contributed by atoms with Crippen molar-refractivity contribution in [3.05, 3.63) is 30.1 Å². The largest absolute Gasteiger partial charge is 0.377 e. The summed E-state index contributed by atoms with van der Waals surface area (Å²) in [4.78, 5) is 4.63. The van der Waals surface area contributed by atoms with Gasteiger partial charge in [-0.2, -0.15) is 0 Å². The second-order valence-electron chi connectivity index (χ2n) is 4.63. The Balaban J connectivity index is 0.00000180. The molecule has 0 amide bonds. The fourth-order valence-electron chi connectivity index (χ4n) is 2.07. The van der Waals surface area contributed by atoms with Crippen molar-refractivity contribution in [2.24, 2.45) is 5.73 Å². The Morgan fingerprint density at radius 1 is 1.25 bits per heavy atom. The van der Waals surface area contributed by atoms with Crippen molar-refractivity contribution in [2.45, 2.75) is 32.9 Å². The molecule has 4 nitrogen and oxygen atoms in total. The summed E-state index contributed by atoms with van der Waals surface area (Å²) in [5.41, 5.74) is 7.84. The zero-order chi connectivity index (χ0) is 13.0.